The second-order valence-electron chi connectivity index (χ2n) is 5.75. The first-order valence-corrected chi connectivity index (χ1v) is 9.13. The minimum absolute atomic E-state index is 0. The van der Waals surface area contributed by atoms with Crippen LogP contribution in [0.2, 0.25) is 10.0 Å². The molecule has 1 aliphatic rings. The maximum Gasteiger partial charge on any atom is 0.191 e. The van der Waals surface area contributed by atoms with E-state index in [1.807, 2.05) is 12.1 Å². The molecular formula is C17H27Cl2IN4O. The molecule has 8 heteroatoms. The van der Waals surface area contributed by atoms with E-state index in [0.29, 0.717) is 16.6 Å². The van der Waals surface area contributed by atoms with Crippen molar-refractivity contribution in [3.8, 4) is 0 Å². The molecule has 142 valence electrons. The van der Waals surface area contributed by atoms with Crippen LogP contribution in [0.1, 0.15) is 18.4 Å². The predicted octanol–water partition coefficient (Wildman–Crippen LogP) is 3.39. The third-order valence-corrected chi connectivity index (χ3v) is 4.57. The molecule has 0 radical (unpaired) electrons. The monoisotopic (exact) mass is 500 g/mol. The number of nitrogens with zero attached hydrogens (tertiary/aromatic N) is 2. The minimum atomic E-state index is 0. The highest BCUT2D eigenvalue weighted by Crippen LogP contribution is 2.20. The summed E-state index contributed by atoms with van der Waals surface area (Å²) < 4.78 is 5.36. The topological polar surface area (TPSA) is 48.9 Å². The van der Waals surface area contributed by atoms with Crippen LogP contribution in [0.5, 0.6) is 0 Å². The summed E-state index contributed by atoms with van der Waals surface area (Å²) in [7, 11) is 1.77. The van der Waals surface area contributed by atoms with Gasteiger partial charge in [-0.1, -0.05) is 29.3 Å². The summed E-state index contributed by atoms with van der Waals surface area (Å²) in [4.78, 5) is 6.69. The normalized spacial score (nSPS) is 15.6. The van der Waals surface area contributed by atoms with Gasteiger partial charge < -0.3 is 15.4 Å². The van der Waals surface area contributed by atoms with Crippen LogP contribution in [-0.4, -0.2) is 57.3 Å². The quantitative estimate of drug-likeness (QED) is 0.261. The molecule has 2 N–H and O–H groups in total. The van der Waals surface area contributed by atoms with Gasteiger partial charge in [0, 0.05) is 43.3 Å². The highest BCUT2D eigenvalue weighted by molar-refractivity contribution is 14.0. The van der Waals surface area contributed by atoms with Crippen LogP contribution in [-0.2, 0) is 11.3 Å². The number of rotatable bonds is 7. The lowest BCUT2D eigenvalue weighted by molar-refractivity contribution is 0.0372. The van der Waals surface area contributed by atoms with Crippen molar-refractivity contribution in [3.05, 3.63) is 33.8 Å². The van der Waals surface area contributed by atoms with Crippen LogP contribution < -0.4 is 10.6 Å². The van der Waals surface area contributed by atoms with Gasteiger partial charge in [-0.25, -0.2) is 0 Å². The molecule has 25 heavy (non-hydrogen) atoms. The molecule has 0 aromatic heterocycles. The number of unbranched alkanes of at least 4 members (excludes halogenated alkanes) is 1. The number of halogens is 3. The number of hydrogen-bond acceptors (Lipinski definition) is 3. The lowest BCUT2D eigenvalue weighted by Crippen LogP contribution is -2.38. The van der Waals surface area contributed by atoms with Crippen molar-refractivity contribution in [3.63, 3.8) is 0 Å². The van der Waals surface area contributed by atoms with Crippen LogP contribution in [0.3, 0.4) is 0 Å². The Labute approximate surface area is 177 Å². The Balaban J connectivity index is 0.00000312. The molecular weight excluding hydrogens is 474 g/mol. The fourth-order valence-corrected chi connectivity index (χ4v) is 3.03. The average molecular weight is 501 g/mol. The maximum atomic E-state index is 6.18. The Hall–Kier alpha value is -0.280. The van der Waals surface area contributed by atoms with Crippen molar-refractivity contribution in [2.24, 2.45) is 4.99 Å². The summed E-state index contributed by atoms with van der Waals surface area (Å²) in [5.74, 6) is 0.785. The Morgan fingerprint density at radius 1 is 1.20 bits per heavy atom. The van der Waals surface area contributed by atoms with E-state index in [2.05, 4.69) is 20.5 Å². The molecule has 1 heterocycles. The minimum Gasteiger partial charge on any atom is -0.379 e. The number of aliphatic imine (C=N–C) groups is 1. The van der Waals surface area contributed by atoms with E-state index in [0.717, 1.165) is 57.3 Å². The SMILES string of the molecule is CN=C(NCCCCN1CCOCC1)NCc1ccc(Cl)cc1Cl.I. The highest BCUT2D eigenvalue weighted by Gasteiger charge is 2.09. The third-order valence-electron chi connectivity index (χ3n) is 3.98. The fourth-order valence-electron chi connectivity index (χ4n) is 2.56. The summed E-state index contributed by atoms with van der Waals surface area (Å²) in [6, 6.07) is 5.52. The first kappa shape index (κ1) is 22.8. The van der Waals surface area contributed by atoms with Gasteiger partial charge in [-0.2, -0.15) is 0 Å². The molecule has 2 rings (SSSR count). The first-order chi connectivity index (χ1) is 11.7. The number of morpholine rings is 1. The van der Waals surface area contributed by atoms with Gasteiger partial charge in [0.15, 0.2) is 5.96 Å². The number of guanidine groups is 1. The Morgan fingerprint density at radius 3 is 2.64 bits per heavy atom. The van der Waals surface area contributed by atoms with E-state index in [1.54, 1.807) is 13.1 Å². The smallest absolute Gasteiger partial charge is 0.191 e. The van der Waals surface area contributed by atoms with Crippen molar-refractivity contribution in [2.75, 3.05) is 46.4 Å². The van der Waals surface area contributed by atoms with Crippen molar-refractivity contribution in [1.29, 1.82) is 0 Å². The van der Waals surface area contributed by atoms with E-state index >= 15 is 0 Å². The average Bonchev–Trinajstić information content (AvgIpc) is 2.59. The molecule has 0 bridgehead atoms. The van der Waals surface area contributed by atoms with Gasteiger partial charge in [0.25, 0.3) is 0 Å². The molecule has 1 saturated heterocycles. The number of ether oxygens (including phenoxy) is 1. The Bertz CT molecular complexity index is 539. The van der Waals surface area contributed by atoms with E-state index in [4.69, 9.17) is 27.9 Å². The molecule has 0 spiro atoms. The Kier molecular flexibility index (Phi) is 11.8. The van der Waals surface area contributed by atoms with E-state index < -0.39 is 0 Å². The zero-order valence-electron chi connectivity index (χ0n) is 14.6. The molecule has 0 unspecified atom stereocenters. The second-order valence-corrected chi connectivity index (χ2v) is 6.59. The van der Waals surface area contributed by atoms with Crippen LogP contribution in [0.4, 0.5) is 0 Å². The highest BCUT2D eigenvalue weighted by atomic mass is 127. The second kappa shape index (κ2) is 13.0. The zero-order chi connectivity index (χ0) is 17.2. The zero-order valence-corrected chi connectivity index (χ0v) is 18.4. The van der Waals surface area contributed by atoms with Gasteiger partial charge >= 0.3 is 0 Å². The number of benzene rings is 1. The molecule has 0 saturated carbocycles. The largest absolute Gasteiger partial charge is 0.379 e. The summed E-state index contributed by atoms with van der Waals surface area (Å²) in [6.07, 6.45) is 2.28. The van der Waals surface area contributed by atoms with Gasteiger partial charge in [-0.3, -0.25) is 9.89 Å². The molecule has 1 aromatic carbocycles. The van der Waals surface area contributed by atoms with Gasteiger partial charge in [0.2, 0.25) is 0 Å². The molecule has 1 aliphatic heterocycles. The molecule has 1 fully saturated rings. The maximum absolute atomic E-state index is 6.18. The third kappa shape index (κ3) is 8.77. The van der Waals surface area contributed by atoms with Crippen molar-refractivity contribution in [1.82, 2.24) is 15.5 Å². The summed E-state index contributed by atoms with van der Waals surface area (Å²) >= 11 is 12.1. The molecule has 1 aromatic rings. The van der Waals surface area contributed by atoms with Crippen molar-refractivity contribution >= 4 is 53.1 Å². The van der Waals surface area contributed by atoms with Gasteiger partial charge in [-0.05, 0) is 37.1 Å². The van der Waals surface area contributed by atoms with Crippen LogP contribution >= 0.6 is 47.2 Å². The fraction of sp³-hybridized carbons (Fsp3) is 0.588. The predicted molar refractivity (Wildman–Crippen MR) is 117 cm³/mol. The van der Waals surface area contributed by atoms with Gasteiger partial charge in [-0.15, -0.1) is 24.0 Å². The summed E-state index contributed by atoms with van der Waals surface area (Å²) in [6.45, 7) is 6.49. The summed E-state index contributed by atoms with van der Waals surface area (Å²) in [5, 5.41) is 7.91. The lowest BCUT2D eigenvalue weighted by Gasteiger charge is -2.26. The van der Waals surface area contributed by atoms with Crippen LogP contribution in [0, 0.1) is 0 Å². The van der Waals surface area contributed by atoms with Crippen molar-refractivity contribution in [2.45, 2.75) is 19.4 Å². The first-order valence-electron chi connectivity index (χ1n) is 8.37. The number of hydrogen-bond donors (Lipinski definition) is 2. The summed E-state index contributed by atoms with van der Waals surface area (Å²) in [5.41, 5.74) is 0.997. The van der Waals surface area contributed by atoms with Crippen LogP contribution in [0.25, 0.3) is 0 Å². The molecule has 0 aliphatic carbocycles. The molecule has 5 nitrogen and oxygen atoms in total. The van der Waals surface area contributed by atoms with E-state index in [1.165, 1.54) is 6.42 Å². The standard InChI is InChI=1S/C17H26Cl2N4O.HI/c1-20-17(22-13-14-4-5-15(18)12-16(14)19)21-6-2-3-7-23-8-10-24-11-9-23;/h4-5,12H,2-3,6-11,13H2,1H3,(H2,20,21,22);1H. The molecule has 0 atom stereocenters. The van der Waals surface area contributed by atoms with Gasteiger partial charge in [0.05, 0.1) is 13.2 Å². The lowest BCUT2D eigenvalue weighted by atomic mass is 10.2. The van der Waals surface area contributed by atoms with E-state index in [-0.39, 0.29) is 24.0 Å². The van der Waals surface area contributed by atoms with E-state index in [9.17, 15) is 0 Å². The van der Waals surface area contributed by atoms with Crippen LogP contribution in [0.15, 0.2) is 23.2 Å². The molecule has 0 amide bonds. The van der Waals surface area contributed by atoms with Crippen molar-refractivity contribution < 1.29 is 4.74 Å². The number of nitrogens with one attached hydrogen (secondary N) is 2. The Morgan fingerprint density at radius 2 is 1.96 bits per heavy atom. The van der Waals surface area contributed by atoms with Gasteiger partial charge in [0.1, 0.15) is 0 Å².